The van der Waals surface area contributed by atoms with Crippen LogP contribution in [0.1, 0.15) is 22.8 Å². The lowest BCUT2D eigenvalue weighted by Gasteiger charge is -2.02. The van der Waals surface area contributed by atoms with Gasteiger partial charge < -0.3 is 15.8 Å². The Labute approximate surface area is 137 Å². The molecule has 23 heavy (non-hydrogen) atoms. The lowest BCUT2D eigenvalue weighted by molar-refractivity contribution is 0.100. The standard InChI is InChI=1S/C17H14ClN3O2/c1-9(20-12-5-3-11(18)4-6-12)15-13-7-2-10(16(19)22)8-14(13)21-17(15)23/h2-8,21,23H,1H3,(H2,19,22). The lowest BCUT2D eigenvalue weighted by Crippen LogP contribution is -2.10. The van der Waals surface area contributed by atoms with Crippen molar-refractivity contribution in [3.8, 4) is 5.88 Å². The van der Waals surface area contributed by atoms with Gasteiger partial charge in [0.05, 0.1) is 17.0 Å². The van der Waals surface area contributed by atoms with E-state index in [0.717, 1.165) is 11.1 Å². The minimum Gasteiger partial charge on any atom is -0.494 e. The van der Waals surface area contributed by atoms with Gasteiger partial charge in [0, 0.05) is 21.5 Å². The van der Waals surface area contributed by atoms with Gasteiger partial charge in [-0.05, 0) is 43.3 Å². The van der Waals surface area contributed by atoms with Crippen molar-refractivity contribution in [1.29, 1.82) is 0 Å². The number of H-pyrrole nitrogens is 1. The van der Waals surface area contributed by atoms with Gasteiger partial charge in [0.2, 0.25) is 5.91 Å². The highest BCUT2D eigenvalue weighted by molar-refractivity contribution is 6.30. The van der Waals surface area contributed by atoms with Gasteiger partial charge in [-0.1, -0.05) is 17.7 Å². The molecular formula is C17H14ClN3O2. The van der Waals surface area contributed by atoms with Gasteiger partial charge in [-0.2, -0.15) is 0 Å². The smallest absolute Gasteiger partial charge is 0.248 e. The highest BCUT2D eigenvalue weighted by Gasteiger charge is 2.15. The van der Waals surface area contributed by atoms with E-state index >= 15 is 0 Å². The highest BCUT2D eigenvalue weighted by Crippen LogP contribution is 2.30. The van der Waals surface area contributed by atoms with E-state index in [1.807, 2.05) is 0 Å². The number of amides is 1. The molecule has 0 fully saturated rings. The number of nitrogens with two attached hydrogens (primary N) is 1. The van der Waals surface area contributed by atoms with E-state index in [1.54, 1.807) is 49.4 Å². The molecule has 5 nitrogen and oxygen atoms in total. The van der Waals surface area contributed by atoms with Crippen molar-refractivity contribution in [2.45, 2.75) is 6.92 Å². The molecule has 0 unspecified atom stereocenters. The third-order valence-electron chi connectivity index (χ3n) is 3.55. The molecule has 0 aliphatic heterocycles. The zero-order valence-corrected chi connectivity index (χ0v) is 13.1. The zero-order chi connectivity index (χ0) is 16.6. The Morgan fingerprint density at radius 1 is 1.22 bits per heavy atom. The summed E-state index contributed by atoms with van der Waals surface area (Å²) in [6, 6.07) is 12.1. The van der Waals surface area contributed by atoms with Crippen LogP contribution in [-0.2, 0) is 0 Å². The predicted octanol–water partition coefficient (Wildman–Crippen LogP) is 3.77. The van der Waals surface area contributed by atoms with E-state index in [4.69, 9.17) is 17.3 Å². The molecule has 0 radical (unpaired) electrons. The number of aliphatic imine (C=N–C) groups is 1. The number of aromatic nitrogens is 1. The van der Waals surface area contributed by atoms with E-state index in [1.165, 1.54) is 0 Å². The van der Waals surface area contributed by atoms with Gasteiger partial charge in [0.1, 0.15) is 0 Å². The molecule has 4 N–H and O–H groups in total. The first kappa shape index (κ1) is 15.1. The molecule has 0 saturated carbocycles. The first-order chi connectivity index (χ1) is 11.0. The van der Waals surface area contributed by atoms with E-state index in [-0.39, 0.29) is 5.88 Å². The number of fused-ring (bicyclic) bond motifs is 1. The van der Waals surface area contributed by atoms with Gasteiger partial charge in [-0.3, -0.25) is 9.79 Å². The molecular weight excluding hydrogens is 314 g/mol. The van der Waals surface area contributed by atoms with Gasteiger partial charge in [0.25, 0.3) is 0 Å². The largest absolute Gasteiger partial charge is 0.494 e. The second-order valence-corrected chi connectivity index (χ2v) is 5.58. The topological polar surface area (TPSA) is 91.5 Å². The van der Waals surface area contributed by atoms with Gasteiger partial charge in [0.15, 0.2) is 5.88 Å². The maximum Gasteiger partial charge on any atom is 0.248 e. The number of carbonyl (C=O) groups is 1. The fourth-order valence-corrected chi connectivity index (χ4v) is 2.59. The first-order valence-corrected chi connectivity index (χ1v) is 7.29. The quantitative estimate of drug-likeness (QED) is 0.639. The van der Waals surface area contributed by atoms with Gasteiger partial charge in [-0.25, -0.2) is 0 Å². The Morgan fingerprint density at radius 2 is 1.91 bits per heavy atom. The summed E-state index contributed by atoms with van der Waals surface area (Å²) in [5.41, 5.74) is 8.23. The number of carbonyl (C=O) groups excluding carboxylic acids is 1. The number of primary amides is 1. The van der Waals surface area contributed by atoms with Crippen LogP contribution in [0.3, 0.4) is 0 Å². The maximum atomic E-state index is 11.3. The van der Waals surface area contributed by atoms with Crippen LogP contribution in [0, 0.1) is 0 Å². The molecule has 0 spiro atoms. The van der Waals surface area contributed by atoms with Crippen molar-refractivity contribution in [3.63, 3.8) is 0 Å². The van der Waals surface area contributed by atoms with Crippen molar-refractivity contribution in [2.24, 2.45) is 10.7 Å². The maximum absolute atomic E-state index is 11.3. The van der Waals surface area contributed by atoms with Gasteiger partial charge >= 0.3 is 0 Å². The second-order valence-electron chi connectivity index (χ2n) is 5.15. The molecule has 6 heteroatoms. The number of hydrogen-bond donors (Lipinski definition) is 3. The van der Waals surface area contributed by atoms with Crippen LogP contribution in [0.4, 0.5) is 5.69 Å². The number of rotatable bonds is 3. The molecule has 0 saturated heterocycles. The molecule has 0 atom stereocenters. The Kier molecular flexibility index (Phi) is 3.80. The molecule has 3 aromatic rings. The number of benzene rings is 2. The van der Waals surface area contributed by atoms with E-state index in [0.29, 0.717) is 27.4 Å². The van der Waals surface area contributed by atoms with Crippen molar-refractivity contribution >= 4 is 39.8 Å². The molecule has 1 aromatic heterocycles. The zero-order valence-electron chi connectivity index (χ0n) is 12.3. The van der Waals surface area contributed by atoms with Crippen LogP contribution >= 0.6 is 11.6 Å². The highest BCUT2D eigenvalue weighted by atomic mass is 35.5. The lowest BCUT2D eigenvalue weighted by atomic mass is 10.1. The average molecular weight is 328 g/mol. The number of aromatic hydroxyl groups is 1. The average Bonchev–Trinajstić information content (AvgIpc) is 2.84. The monoisotopic (exact) mass is 327 g/mol. The summed E-state index contributed by atoms with van der Waals surface area (Å²) >= 11 is 5.86. The molecule has 1 heterocycles. The Morgan fingerprint density at radius 3 is 2.57 bits per heavy atom. The Hall–Kier alpha value is -2.79. The fourth-order valence-electron chi connectivity index (χ4n) is 2.47. The summed E-state index contributed by atoms with van der Waals surface area (Å²) in [7, 11) is 0. The molecule has 0 aliphatic rings. The summed E-state index contributed by atoms with van der Waals surface area (Å²) in [6.07, 6.45) is 0. The summed E-state index contributed by atoms with van der Waals surface area (Å²) in [4.78, 5) is 18.6. The summed E-state index contributed by atoms with van der Waals surface area (Å²) in [5, 5.41) is 11.6. The van der Waals surface area contributed by atoms with Crippen LogP contribution in [-0.4, -0.2) is 21.7 Å². The normalized spacial score (nSPS) is 11.8. The Bertz CT molecular complexity index is 927. The number of nitrogens with zero attached hydrogens (tertiary/aromatic N) is 1. The third-order valence-corrected chi connectivity index (χ3v) is 3.80. The van der Waals surface area contributed by atoms with E-state index in [2.05, 4.69) is 9.98 Å². The SMILES string of the molecule is CC(=Nc1ccc(Cl)cc1)c1c(O)[nH]c2cc(C(N)=O)ccc12. The molecule has 3 rings (SSSR count). The van der Waals surface area contributed by atoms with E-state index < -0.39 is 5.91 Å². The summed E-state index contributed by atoms with van der Waals surface area (Å²) in [6.45, 7) is 1.80. The number of aromatic amines is 1. The van der Waals surface area contributed by atoms with Crippen molar-refractivity contribution in [1.82, 2.24) is 4.98 Å². The fraction of sp³-hybridized carbons (Fsp3) is 0.0588. The first-order valence-electron chi connectivity index (χ1n) is 6.91. The minimum atomic E-state index is -0.519. The summed E-state index contributed by atoms with van der Waals surface area (Å²) < 4.78 is 0. The number of nitrogens with one attached hydrogen (secondary N) is 1. The number of hydrogen-bond acceptors (Lipinski definition) is 3. The molecule has 0 aliphatic carbocycles. The van der Waals surface area contributed by atoms with Crippen molar-refractivity contribution < 1.29 is 9.90 Å². The van der Waals surface area contributed by atoms with Crippen LogP contribution < -0.4 is 5.73 Å². The van der Waals surface area contributed by atoms with E-state index in [9.17, 15) is 9.90 Å². The summed E-state index contributed by atoms with van der Waals surface area (Å²) in [5.74, 6) is -0.522. The van der Waals surface area contributed by atoms with Crippen LogP contribution in [0.5, 0.6) is 5.88 Å². The third kappa shape index (κ3) is 2.91. The molecule has 2 aromatic carbocycles. The van der Waals surface area contributed by atoms with Gasteiger partial charge in [-0.15, -0.1) is 0 Å². The van der Waals surface area contributed by atoms with Crippen molar-refractivity contribution in [2.75, 3.05) is 0 Å². The van der Waals surface area contributed by atoms with Crippen LogP contribution in [0.25, 0.3) is 10.9 Å². The second kappa shape index (κ2) is 5.78. The molecule has 0 bridgehead atoms. The Balaban J connectivity index is 2.09. The van der Waals surface area contributed by atoms with Crippen molar-refractivity contribution in [3.05, 3.63) is 58.6 Å². The van der Waals surface area contributed by atoms with Crippen LogP contribution in [0.15, 0.2) is 47.5 Å². The minimum absolute atomic E-state index is 0.00293. The molecule has 116 valence electrons. The number of halogens is 1. The predicted molar refractivity (Wildman–Crippen MR) is 91.8 cm³/mol. The van der Waals surface area contributed by atoms with Crippen LogP contribution in [0.2, 0.25) is 5.02 Å². The molecule has 1 amide bonds.